The summed E-state index contributed by atoms with van der Waals surface area (Å²) in [5.41, 5.74) is 1.78. The number of hydrogen-bond donors (Lipinski definition) is 1. The van der Waals surface area contributed by atoms with E-state index in [1.165, 1.54) is 6.07 Å². The fourth-order valence-corrected chi connectivity index (χ4v) is 3.65. The van der Waals surface area contributed by atoms with E-state index in [4.69, 9.17) is 0 Å². The van der Waals surface area contributed by atoms with E-state index in [0.717, 1.165) is 5.56 Å². The number of hydrogen-bond acceptors (Lipinski definition) is 3. The number of pyridine rings is 1. The molecule has 1 aromatic carbocycles. The number of aromatic nitrogens is 1. The van der Waals surface area contributed by atoms with Crippen molar-refractivity contribution in [1.29, 1.82) is 0 Å². The Bertz CT molecular complexity index is 1010. The molecule has 0 unspecified atom stereocenters. The third-order valence-corrected chi connectivity index (χ3v) is 4.91. The quantitative estimate of drug-likeness (QED) is 0.861. The van der Waals surface area contributed by atoms with Gasteiger partial charge in [-0.05, 0) is 57.7 Å². The topological polar surface area (TPSA) is 68.2 Å². The number of carbonyl (C=O) groups is 2. The maximum atomic E-state index is 13.4. The van der Waals surface area contributed by atoms with Gasteiger partial charge in [0.2, 0.25) is 0 Å². The molecule has 5 nitrogen and oxygen atoms in total. The highest BCUT2D eigenvalue weighted by molar-refractivity contribution is 6.02. The zero-order valence-electron chi connectivity index (χ0n) is 17.5. The van der Waals surface area contributed by atoms with E-state index in [2.05, 4.69) is 5.32 Å². The van der Waals surface area contributed by atoms with Crippen LogP contribution in [0.15, 0.2) is 35.1 Å². The first kappa shape index (κ1) is 20.1. The second kappa shape index (κ2) is 6.73. The number of benzene rings is 1. The Kier molecular flexibility index (Phi) is 4.82. The molecule has 0 radical (unpaired) electrons. The number of aryl methyl sites for hydroxylation is 1. The highest BCUT2D eigenvalue weighted by Crippen LogP contribution is 2.35. The molecule has 28 heavy (non-hydrogen) atoms. The minimum absolute atomic E-state index is 0.00214. The summed E-state index contributed by atoms with van der Waals surface area (Å²) in [5.74, 6) is -0.490. The molecule has 1 amide bonds. The van der Waals surface area contributed by atoms with Crippen molar-refractivity contribution in [2.24, 2.45) is 5.41 Å². The number of rotatable bonds is 2. The van der Waals surface area contributed by atoms with Gasteiger partial charge in [-0.2, -0.15) is 0 Å². The summed E-state index contributed by atoms with van der Waals surface area (Å²) in [4.78, 5) is 39.0. The molecular formula is C23H28N2O3. The van der Waals surface area contributed by atoms with Crippen LogP contribution >= 0.6 is 0 Å². The Morgan fingerprint density at radius 2 is 1.68 bits per heavy atom. The number of amides is 1. The maximum Gasteiger partial charge on any atom is 0.268 e. The van der Waals surface area contributed by atoms with Crippen LogP contribution in [-0.2, 0) is 6.42 Å². The van der Waals surface area contributed by atoms with Crippen LogP contribution in [0.25, 0.3) is 5.69 Å². The van der Waals surface area contributed by atoms with Crippen LogP contribution in [0.2, 0.25) is 0 Å². The number of carbonyl (C=O) groups excluding carboxylic acids is 2. The van der Waals surface area contributed by atoms with Gasteiger partial charge in [0.15, 0.2) is 5.78 Å². The summed E-state index contributed by atoms with van der Waals surface area (Å²) in [7, 11) is 0. The van der Waals surface area contributed by atoms with Gasteiger partial charge in [-0.1, -0.05) is 31.5 Å². The number of nitrogens with zero attached hydrogens (tertiary/aromatic N) is 1. The fourth-order valence-electron chi connectivity index (χ4n) is 3.65. The molecule has 1 N–H and O–H groups in total. The summed E-state index contributed by atoms with van der Waals surface area (Å²) in [6, 6.07) is 9.04. The molecular weight excluding hydrogens is 352 g/mol. The van der Waals surface area contributed by atoms with Gasteiger partial charge in [-0.25, -0.2) is 0 Å². The molecule has 0 bridgehead atoms. The lowest BCUT2D eigenvalue weighted by atomic mass is 9.75. The summed E-state index contributed by atoms with van der Waals surface area (Å²) in [5, 5.41) is 2.84. The third-order valence-electron chi connectivity index (χ3n) is 4.91. The normalized spacial score (nSPS) is 15.9. The predicted octanol–water partition coefficient (Wildman–Crippen LogP) is 3.83. The standard InChI is InChI=1S/C23H28N2O3/c1-14-7-9-15(10-8-14)25-18-12-23(5,6)13-19(26)16(18)11-17(21(25)28)20(27)24-22(2,3)4/h7-11H,12-13H2,1-6H3,(H,24,27). The van der Waals surface area contributed by atoms with Crippen molar-refractivity contribution in [3.05, 3.63) is 63.1 Å². The minimum Gasteiger partial charge on any atom is -0.347 e. The largest absolute Gasteiger partial charge is 0.347 e. The van der Waals surface area contributed by atoms with Crippen molar-refractivity contribution in [1.82, 2.24) is 9.88 Å². The van der Waals surface area contributed by atoms with E-state index in [1.54, 1.807) is 4.57 Å². The summed E-state index contributed by atoms with van der Waals surface area (Å²) in [6.45, 7) is 11.6. The van der Waals surface area contributed by atoms with Crippen molar-refractivity contribution in [3.63, 3.8) is 0 Å². The smallest absolute Gasteiger partial charge is 0.268 e. The van der Waals surface area contributed by atoms with Gasteiger partial charge in [0.05, 0.1) is 0 Å². The molecule has 1 aromatic heterocycles. The van der Waals surface area contributed by atoms with E-state index in [1.807, 2.05) is 65.8 Å². The summed E-state index contributed by atoms with van der Waals surface area (Å²) < 4.78 is 1.55. The van der Waals surface area contributed by atoms with Crippen LogP contribution in [-0.4, -0.2) is 21.8 Å². The van der Waals surface area contributed by atoms with Crippen molar-refractivity contribution in [3.8, 4) is 5.69 Å². The van der Waals surface area contributed by atoms with Gasteiger partial charge in [0, 0.05) is 28.9 Å². The number of nitrogens with one attached hydrogen (secondary N) is 1. The van der Waals surface area contributed by atoms with Crippen LogP contribution < -0.4 is 10.9 Å². The first-order valence-corrected chi connectivity index (χ1v) is 9.60. The average molecular weight is 380 g/mol. The second-order valence-electron chi connectivity index (χ2n) is 9.54. The Morgan fingerprint density at radius 1 is 1.07 bits per heavy atom. The van der Waals surface area contributed by atoms with E-state index in [9.17, 15) is 14.4 Å². The molecule has 0 saturated heterocycles. The number of ketones is 1. The van der Waals surface area contributed by atoms with Crippen LogP contribution in [0.4, 0.5) is 0 Å². The molecule has 0 aliphatic heterocycles. The second-order valence-corrected chi connectivity index (χ2v) is 9.54. The van der Waals surface area contributed by atoms with Gasteiger partial charge in [-0.15, -0.1) is 0 Å². The van der Waals surface area contributed by atoms with Crippen LogP contribution in [0, 0.1) is 12.3 Å². The first-order valence-electron chi connectivity index (χ1n) is 9.60. The highest BCUT2D eigenvalue weighted by atomic mass is 16.2. The van der Waals surface area contributed by atoms with Gasteiger partial charge < -0.3 is 5.32 Å². The fraction of sp³-hybridized carbons (Fsp3) is 0.435. The number of fused-ring (bicyclic) bond motifs is 1. The molecule has 0 fully saturated rings. The molecule has 0 spiro atoms. The van der Waals surface area contributed by atoms with Crippen LogP contribution in [0.3, 0.4) is 0 Å². The Labute approximate surface area is 165 Å². The Morgan fingerprint density at radius 3 is 2.25 bits per heavy atom. The lowest BCUT2D eigenvalue weighted by molar-refractivity contribution is 0.0908. The maximum absolute atomic E-state index is 13.4. The van der Waals surface area contributed by atoms with Crippen molar-refractivity contribution in [2.75, 3.05) is 0 Å². The molecule has 5 heteroatoms. The third kappa shape index (κ3) is 3.93. The molecule has 0 saturated carbocycles. The van der Waals surface area contributed by atoms with Gasteiger partial charge in [0.25, 0.3) is 11.5 Å². The minimum atomic E-state index is -0.486. The zero-order valence-corrected chi connectivity index (χ0v) is 17.5. The van der Waals surface area contributed by atoms with Crippen LogP contribution in [0.5, 0.6) is 0 Å². The summed E-state index contributed by atoms with van der Waals surface area (Å²) >= 11 is 0. The SMILES string of the molecule is Cc1ccc(-n2c3c(cc(C(=O)NC(C)(C)C)c2=O)C(=O)CC(C)(C)C3)cc1. The van der Waals surface area contributed by atoms with Crippen molar-refractivity contribution in [2.45, 2.75) is 59.9 Å². The monoisotopic (exact) mass is 380 g/mol. The Hall–Kier alpha value is -2.69. The lowest BCUT2D eigenvalue weighted by Crippen LogP contribution is -2.44. The number of Topliss-reactive ketones (excluding diaryl/α,β-unsaturated/α-hetero) is 1. The van der Waals surface area contributed by atoms with Crippen molar-refractivity contribution < 1.29 is 9.59 Å². The zero-order chi connectivity index (χ0) is 20.9. The average Bonchev–Trinajstić information content (AvgIpc) is 2.53. The van der Waals surface area contributed by atoms with Gasteiger partial charge in [-0.3, -0.25) is 19.0 Å². The van der Waals surface area contributed by atoms with E-state index < -0.39 is 17.0 Å². The predicted molar refractivity (Wildman–Crippen MR) is 110 cm³/mol. The van der Waals surface area contributed by atoms with Crippen molar-refractivity contribution >= 4 is 11.7 Å². The molecule has 1 aliphatic rings. The highest BCUT2D eigenvalue weighted by Gasteiger charge is 2.35. The molecule has 1 aliphatic carbocycles. The van der Waals surface area contributed by atoms with E-state index in [0.29, 0.717) is 29.8 Å². The van der Waals surface area contributed by atoms with Crippen LogP contribution in [0.1, 0.15) is 73.0 Å². The molecule has 1 heterocycles. The van der Waals surface area contributed by atoms with E-state index in [-0.39, 0.29) is 16.8 Å². The Balaban J connectivity index is 2.29. The lowest BCUT2D eigenvalue weighted by Gasteiger charge is -2.32. The molecule has 0 atom stereocenters. The van der Waals surface area contributed by atoms with Gasteiger partial charge in [0.1, 0.15) is 5.56 Å². The first-order chi connectivity index (χ1) is 12.9. The molecule has 3 rings (SSSR count). The van der Waals surface area contributed by atoms with E-state index >= 15 is 0 Å². The van der Waals surface area contributed by atoms with Gasteiger partial charge >= 0.3 is 0 Å². The summed E-state index contributed by atoms with van der Waals surface area (Å²) in [6.07, 6.45) is 0.991. The molecule has 2 aromatic rings. The molecule has 148 valence electrons.